The summed E-state index contributed by atoms with van der Waals surface area (Å²) in [5.74, 6) is 0.738. The lowest BCUT2D eigenvalue weighted by atomic mass is 10.2. The normalized spacial score (nSPS) is 10.7. The fourth-order valence-electron chi connectivity index (χ4n) is 1.74. The molecule has 0 radical (unpaired) electrons. The first-order valence-corrected chi connectivity index (χ1v) is 6.95. The van der Waals surface area contributed by atoms with Gasteiger partial charge in [0.1, 0.15) is 17.3 Å². The highest BCUT2D eigenvalue weighted by Gasteiger charge is 2.04. The summed E-state index contributed by atoms with van der Waals surface area (Å²) < 4.78 is 7.68. The van der Waals surface area contributed by atoms with Gasteiger partial charge in [0.05, 0.1) is 5.69 Å². The Kier molecular flexibility index (Phi) is 3.18. The van der Waals surface area contributed by atoms with Gasteiger partial charge in [0.25, 0.3) is 0 Å². The van der Waals surface area contributed by atoms with E-state index < -0.39 is 0 Å². The third-order valence-corrected chi connectivity index (χ3v) is 3.65. The molecule has 2 N–H and O–H groups in total. The van der Waals surface area contributed by atoms with Crippen molar-refractivity contribution in [2.75, 3.05) is 0 Å². The van der Waals surface area contributed by atoms with Crippen LogP contribution in [-0.4, -0.2) is 14.4 Å². The van der Waals surface area contributed by atoms with Gasteiger partial charge < -0.3 is 10.5 Å². The quantitative estimate of drug-likeness (QED) is 0.750. The molecule has 2 aromatic heterocycles. The van der Waals surface area contributed by atoms with Gasteiger partial charge in [0.2, 0.25) is 0 Å². The molecule has 3 aromatic rings. The van der Waals surface area contributed by atoms with Gasteiger partial charge in [0.15, 0.2) is 4.96 Å². The lowest BCUT2D eigenvalue weighted by Crippen LogP contribution is -2.09. The van der Waals surface area contributed by atoms with Crippen LogP contribution in [0.2, 0.25) is 0 Å². The Labute approximate surface area is 119 Å². The van der Waals surface area contributed by atoms with Crippen LogP contribution < -0.4 is 10.5 Å². The van der Waals surface area contributed by atoms with Crippen molar-refractivity contribution in [3.8, 4) is 5.75 Å². The summed E-state index contributed by atoms with van der Waals surface area (Å²) in [6, 6.07) is 7.44. The zero-order chi connectivity index (χ0) is 13.2. The number of benzene rings is 1. The Morgan fingerprint density at radius 3 is 3.16 bits per heavy atom. The van der Waals surface area contributed by atoms with Crippen molar-refractivity contribution < 1.29 is 4.74 Å². The molecule has 19 heavy (non-hydrogen) atoms. The Morgan fingerprint density at radius 2 is 2.37 bits per heavy atom. The van der Waals surface area contributed by atoms with E-state index in [0.29, 0.717) is 11.6 Å². The van der Waals surface area contributed by atoms with E-state index in [2.05, 4.69) is 4.98 Å². The summed E-state index contributed by atoms with van der Waals surface area (Å²) in [5, 5.41) is 2.00. The lowest BCUT2D eigenvalue weighted by Gasteiger charge is -2.05. The molecule has 96 valence electrons. The van der Waals surface area contributed by atoms with Crippen LogP contribution >= 0.6 is 23.6 Å². The van der Waals surface area contributed by atoms with Crippen molar-refractivity contribution in [1.82, 2.24) is 9.38 Å². The number of fused-ring (bicyclic) bond motifs is 1. The van der Waals surface area contributed by atoms with E-state index in [1.165, 1.54) is 0 Å². The van der Waals surface area contributed by atoms with Gasteiger partial charge in [-0.2, -0.15) is 0 Å². The summed E-state index contributed by atoms with van der Waals surface area (Å²) in [5.41, 5.74) is 7.29. The highest BCUT2D eigenvalue weighted by Crippen LogP contribution is 2.16. The van der Waals surface area contributed by atoms with E-state index in [4.69, 9.17) is 22.7 Å². The molecule has 0 unspecified atom stereocenters. The summed E-state index contributed by atoms with van der Waals surface area (Å²) in [4.78, 5) is 5.79. The standard InChI is InChI=1S/C13H11N3OS2/c14-12(18)9-2-1-3-11(6-9)17-8-10-7-16-4-5-19-13(16)15-10/h1-7H,8H2,(H2,14,18). The zero-order valence-electron chi connectivity index (χ0n) is 9.95. The van der Waals surface area contributed by atoms with E-state index in [9.17, 15) is 0 Å². The number of thiazole rings is 1. The number of rotatable bonds is 4. The Bertz CT molecular complexity index is 704. The van der Waals surface area contributed by atoms with Crippen LogP contribution in [0.25, 0.3) is 4.96 Å². The Hall–Kier alpha value is -1.92. The average Bonchev–Trinajstić information content (AvgIpc) is 2.97. The maximum atomic E-state index is 5.70. The fourth-order valence-corrected chi connectivity index (χ4v) is 2.59. The summed E-state index contributed by atoms with van der Waals surface area (Å²) in [6.07, 6.45) is 3.94. The van der Waals surface area contributed by atoms with Crippen LogP contribution in [0.1, 0.15) is 11.3 Å². The van der Waals surface area contributed by atoms with Crippen molar-refractivity contribution in [3.63, 3.8) is 0 Å². The number of nitrogens with two attached hydrogens (primary N) is 1. The summed E-state index contributed by atoms with van der Waals surface area (Å²) in [6.45, 7) is 0.426. The van der Waals surface area contributed by atoms with Gasteiger partial charge in [0, 0.05) is 23.3 Å². The number of hydrogen-bond donors (Lipinski definition) is 1. The molecule has 0 saturated heterocycles. The third kappa shape index (κ3) is 2.59. The molecule has 4 nitrogen and oxygen atoms in total. The molecule has 0 fully saturated rings. The van der Waals surface area contributed by atoms with Crippen LogP contribution in [0, 0.1) is 0 Å². The Morgan fingerprint density at radius 1 is 1.47 bits per heavy atom. The molecule has 6 heteroatoms. The van der Waals surface area contributed by atoms with Crippen LogP contribution in [0.3, 0.4) is 0 Å². The minimum Gasteiger partial charge on any atom is -0.487 e. The first kappa shape index (κ1) is 12.1. The summed E-state index contributed by atoms with van der Waals surface area (Å²) >= 11 is 6.54. The van der Waals surface area contributed by atoms with Gasteiger partial charge >= 0.3 is 0 Å². The molecular weight excluding hydrogens is 278 g/mol. The Balaban J connectivity index is 1.73. The van der Waals surface area contributed by atoms with Crippen LogP contribution in [0.15, 0.2) is 42.0 Å². The summed E-state index contributed by atoms with van der Waals surface area (Å²) in [7, 11) is 0. The highest BCUT2D eigenvalue weighted by molar-refractivity contribution is 7.80. The minimum absolute atomic E-state index is 0.368. The lowest BCUT2D eigenvalue weighted by molar-refractivity contribution is 0.302. The maximum Gasteiger partial charge on any atom is 0.193 e. The molecule has 0 aliphatic heterocycles. The molecule has 0 aliphatic rings. The number of nitrogens with zero attached hydrogens (tertiary/aromatic N) is 2. The minimum atomic E-state index is 0.368. The van der Waals surface area contributed by atoms with Crippen molar-refractivity contribution in [3.05, 3.63) is 53.3 Å². The van der Waals surface area contributed by atoms with E-state index in [0.717, 1.165) is 22.0 Å². The average molecular weight is 289 g/mol. The second-order valence-corrected chi connectivity index (χ2v) is 5.32. The van der Waals surface area contributed by atoms with Gasteiger partial charge in [-0.15, -0.1) is 11.3 Å². The number of imidazole rings is 1. The second kappa shape index (κ2) is 4.99. The molecular formula is C13H11N3OS2. The van der Waals surface area contributed by atoms with E-state index >= 15 is 0 Å². The number of aromatic nitrogens is 2. The van der Waals surface area contributed by atoms with Crippen molar-refractivity contribution in [1.29, 1.82) is 0 Å². The molecule has 1 aromatic carbocycles. The fraction of sp³-hybridized carbons (Fsp3) is 0.0769. The topological polar surface area (TPSA) is 52.5 Å². The molecule has 3 rings (SSSR count). The van der Waals surface area contributed by atoms with Crippen molar-refractivity contribution in [2.45, 2.75) is 6.61 Å². The maximum absolute atomic E-state index is 5.70. The van der Waals surface area contributed by atoms with Crippen LogP contribution in [0.5, 0.6) is 5.75 Å². The molecule has 0 atom stereocenters. The van der Waals surface area contributed by atoms with Crippen LogP contribution in [0.4, 0.5) is 0 Å². The smallest absolute Gasteiger partial charge is 0.193 e. The third-order valence-electron chi connectivity index (χ3n) is 2.65. The molecule has 0 bridgehead atoms. The second-order valence-electron chi connectivity index (χ2n) is 4.01. The van der Waals surface area contributed by atoms with Crippen molar-refractivity contribution in [2.24, 2.45) is 5.73 Å². The highest BCUT2D eigenvalue weighted by atomic mass is 32.1. The van der Waals surface area contributed by atoms with Crippen molar-refractivity contribution >= 4 is 33.5 Å². The number of hydrogen-bond acceptors (Lipinski definition) is 4. The van der Waals surface area contributed by atoms with Gasteiger partial charge in [-0.05, 0) is 12.1 Å². The molecule has 0 aliphatic carbocycles. The van der Waals surface area contributed by atoms with E-state index in [-0.39, 0.29) is 0 Å². The van der Waals surface area contributed by atoms with E-state index in [1.807, 2.05) is 46.4 Å². The van der Waals surface area contributed by atoms with Gasteiger partial charge in [-0.1, -0.05) is 24.4 Å². The SMILES string of the molecule is NC(=S)c1cccc(OCc2cn3ccsc3n2)c1. The largest absolute Gasteiger partial charge is 0.487 e. The molecule has 0 saturated carbocycles. The van der Waals surface area contributed by atoms with Gasteiger partial charge in [-0.25, -0.2) is 4.98 Å². The molecule has 2 heterocycles. The predicted molar refractivity (Wildman–Crippen MR) is 79.7 cm³/mol. The molecule has 0 spiro atoms. The van der Waals surface area contributed by atoms with Gasteiger partial charge in [-0.3, -0.25) is 4.40 Å². The molecule has 0 amide bonds. The first-order valence-electron chi connectivity index (χ1n) is 5.66. The van der Waals surface area contributed by atoms with E-state index in [1.54, 1.807) is 11.3 Å². The van der Waals surface area contributed by atoms with Crippen LogP contribution in [-0.2, 0) is 6.61 Å². The number of ether oxygens (including phenoxy) is 1. The number of thiocarbonyl (C=S) groups is 1. The predicted octanol–water partition coefficient (Wildman–Crippen LogP) is 2.61. The first-order chi connectivity index (χ1) is 9.22. The zero-order valence-corrected chi connectivity index (χ0v) is 11.6. The monoisotopic (exact) mass is 289 g/mol.